The van der Waals surface area contributed by atoms with Crippen LogP contribution in [0.25, 0.3) is 0 Å². The number of aromatic hydroxyl groups is 1. The fourth-order valence-electron chi connectivity index (χ4n) is 2.59. The van der Waals surface area contributed by atoms with Crippen LogP contribution < -0.4 is 4.74 Å². The van der Waals surface area contributed by atoms with Crippen molar-refractivity contribution in [3.05, 3.63) is 22.3 Å². The lowest BCUT2D eigenvalue weighted by Crippen LogP contribution is -2.06. The average Bonchev–Trinajstić information content (AvgIpc) is 2.37. The first-order valence-electron chi connectivity index (χ1n) is 7.11. The predicted molar refractivity (Wildman–Crippen MR) is 76.8 cm³/mol. The molecule has 0 aliphatic heterocycles. The van der Waals surface area contributed by atoms with E-state index in [9.17, 15) is 5.11 Å². The van der Waals surface area contributed by atoms with Gasteiger partial charge in [-0.3, -0.25) is 0 Å². The van der Waals surface area contributed by atoms with Gasteiger partial charge in [0.15, 0.2) is 0 Å². The van der Waals surface area contributed by atoms with E-state index in [1.807, 2.05) is 0 Å². The zero-order valence-electron chi connectivity index (χ0n) is 12.4. The minimum absolute atomic E-state index is 0.484. The van der Waals surface area contributed by atoms with Gasteiger partial charge in [0.1, 0.15) is 11.5 Å². The molecule has 0 saturated carbocycles. The number of hydrogen-bond donors (Lipinski definition) is 1. The van der Waals surface area contributed by atoms with Crippen LogP contribution in [0.1, 0.15) is 56.4 Å². The van der Waals surface area contributed by atoms with Gasteiger partial charge in [-0.2, -0.15) is 0 Å². The highest BCUT2D eigenvalue weighted by Gasteiger charge is 2.19. The van der Waals surface area contributed by atoms with Crippen molar-refractivity contribution < 1.29 is 9.84 Å². The van der Waals surface area contributed by atoms with E-state index in [2.05, 4.69) is 34.6 Å². The first-order chi connectivity index (χ1) is 8.62. The van der Waals surface area contributed by atoms with Crippen LogP contribution in [-0.4, -0.2) is 11.7 Å². The maximum absolute atomic E-state index is 10.4. The molecule has 0 aromatic heterocycles. The van der Waals surface area contributed by atoms with Gasteiger partial charge in [-0.25, -0.2) is 0 Å². The lowest BCUT2D eigenvalue weighted by Gasteiger charge is -2.21. The van der Waals surface area contributed by atoms with Crippen molar-refractivity contribution in [3.8, 4) is 11.5 Å². The molecule has 0 fully saturated rings. The molecule has 102 valence electrons. The molecule has 0 saturated heterocycles. The van der Waals surface area contributed by atoms with Gasteiger partial charge in [0.05, 0.1) is 6.61 Å². The predicted octanol–water partition coefficient (Wildman–Crippen LogP) is 4.18. The molecule has 18 heavy (non-hydrogen) atoms. The molecule has 0 unspecified atom stereocenters. The minimum atomic E-state index is 0.484. The molecule has 0 aliphatic rings. The minimum Gasteiger partial charge on any atom is -0.507 e. The molecule has 2 heteroatoms. The number of phenols is 1. The second-order valence-electron chi connectivity index (χ2n) is 4.65. The van der Waals surface area contributed by atoms with Crippen molar-refractivity contribution in [2.24, 2.45) is 0 Å². The quantitative estimate of drug-likeness (QED) is 0.820. The van der Waals surface area contributed by atoms with Gasteiger partial charge in [0.25, 0.3) is 0 Å². The summed E-state index contributed by atoms with van der Waals surface area (Å²) in [5.41, 5.74) is 4.39. The van der Waals surface area contributed by atoms with E-state index in [0.29, 0.717) is 5.75 Å². The first-order valence-corrected chi connectivity index (χ1v) is 7.11. The molecule has 0 spiro atoms. The summed E-state index contributed by atoms with van der Waals surface area (Å²) in [5, 5.41) is 10.4. The van der Waals surface area contributed by atoms with Crippen molar-refractivity contribution >= 4 is 0 Å². The van der Waals surface area contributed by atoms with Crippen LogP contribution in [0.3, 0.4) is 0 Å². The van der Waals surface area contributed by atoms with E-state index in [4.69, 9.17) is 4.74 Å². The third kappa shape index (κ3) is 2.63. The normalized spacial score (nSPS) is 10.7. The third-order valence-corrected chi connectivity index (χ3v) is 3.51. The van der Waals surface area contributed by atoms with Gasteiger partial charge >= 0.3 is 0 Å². The van der Waals surface area contributed by atoms with Gasteiger partial charge in [-0.05, 0) is 38.2 Å². The van der Waals surface area contributed by atoms with Crippen molar-refractivity contribution in [1.29, 1.82) is 0 Å². The molecule has 1 N–H and O–H groups in total. The van der Waals surface area contributed by atoms with Gasteiger partial charge in [-0.15, -0.1) is 0 Å². The summed E-state index contributed by atoms with van der Waals surface area (Å²) >= 11 is 0. The lowest BCUT2D eigenvalue weighted by atomic mass is 9.92. The Bertz CT molecular complexity index is 408. The van der Waals surface area contributed by atoms with Gasteiger partial charge in [0.2, 0.25) is 0 Å². The largest absolute Gasteiger partial charge is 0.507 e. The highest BCUT2D eigenvalue weighted by molar-refractivity contribution is 5.58. The molecular formula is C16H26O2. The number of phenolic OH excluding ortho intramolecular Hbond substituents is 1. The zero-order chi connectivity index (χ0) is 13.7. The number of rotatable bonds is 6. The molecule has 1 aromatic carbocycles. The Hall–Kier alpha value is -1.18. The average molecular weight is 250 g/mol. The van der Waals surface area contributed by atoms with Crippen LogP contribution in [0.2, 0.25) is 0 Å². The van der Waals surface area contributed by atoms with Crippen LogP contribution in [-0.2, 0) is 19.3 Å². The molecule has 2 nitrogen and oxygen atoms in total. The lowest BCUT2D eigenvalue weighted by molar-refractivity contribution is 0.310. The molecule has 0 radical (unpaired) electrons. The Morgan fingerprint density at radius 1 is 0.889 bits per heavy atom. The monoisotopic (exact) mass is 250 g/mol. The second-order valence-corrected chi connectivity index (χ2v) is 4.65. The standard InChI is InChI=1S/C16H26O2/c1-6-10-18-16-11(5)12(7-2)15(17)13(8-3)14(16)9-4/h17H,6-10H2,1-5H3. The molecule has 0 bridgehead atoms. The molecule has 0 heterocycles. The topological polar surface area (TPSA) is 29.5 Å². The van der Waals surface area contributed by atoms with Gasteiger partial charge in [0, 0.05) is 16.7 Å². The molecule has 0 atom stereocenters. The molecule has 1 rings (SSSR count). The summed E-state index contributed by atoms with van der Waals surface area (Å²) in [6.45, 7) is 11.2. The summed E-state index contributed by atoms with van der Waals surface area (Å²) in [6, 6.07) is 0. The van der Waals surface area contributed by atoms with Crippen LogP contribution in [0.4, 0.5) is 0 Å². The van der Waals surface area contributed by atoms with E-state index in [0.717, 1.165) is 54.7 Å². The van der Waals surface area contributed by atoms with E-state index >= 15 is 0 Å². The summed E-state index contributed by atoms with van der Waals surface area (Å²) in [6.07, 6.45) is 3.61. The van der Waals surface area contributed by atoms with E-state index in [-0.39, 0.29) is 0 Å². The van der Waals surface area contributed by atoms with Crippen LogP contribution in [0.5, 0.6) is 11.5 Å². The SMILES string of the molecule is CCCOc1c(C)c(CC)c(O)c(CC)c1CC. The fourth-order valence-corrected chi connectivity index (χ4v) is 2.59. The first kappa shape index (κ1) is 14.9. The van der Waals surface area contributed by atoms with Crippen molar-refractivity contribution in [2.75, 3.05) is 6.61 Å². The summed E-state index contributed by atoms with van der Waals surface area (Å²) in [4.78, 5) is 0. The molecule has 0 amide bonds. The molecule has 1 aromatic rings. The number of ether oxygens (including phenoxy) is 1. The van der Waals surface area contributed by atoms with Gasteiger partial charge < -0.3 is 9.84 Å². The van der Waals surface area contributed by atoms with Crippen molar-refractivity contribution in [2.45, 2.75) is 60.3 Å². The number of hydrogen-bond acceptors (Lipinski definition) is 2. The Labute approximate surface area is 111 Å². The van der Waals surface area contributed by atoms with Crippen molar-refractivity contribution in [1.82, 2.24) is 0 Å². The Morgan fingerprint density at radius 3 is 1.89 bits per heavy atom. The van der Waals surface area contributed by atoms with Gasteiger partial charge in [-0.1, -0.05) is 27.7 Å². The Balaban J connectivity index is 3.45. The van der Waals surface area contributed by atoms with E-state index in [1.54, 1.807) is 0 Å². The third-order valence-electron chi connectivity index (χ3n) is 3.51. The maximum Gasteiger partial charge on any atom is 0.126 e. The summed E-state index contributed by atoms with van der Waals surface area (Å²) < 4.78 is 5.94. The molecule has 0 aliphatic carbocycles. The van der Waals surface area contributed by atoms with Crippen LogP contribution in [0.15, 0.2) is 0 Å². The zero-order valence-corrected chi connectivity index (χ0v) is 12.4. The maximum atomic E-state index is 10.4. The second kappa shape index (κ2) is 6.67. The van der Waals surface area contributed by atoms with Crippen molar-refractivity contribution in [3.63, 3.8) is 0 Å². The Kier molecular flexibility index (Phi) is 5.52. The van der Waals surface area contributed by atoms with E-state index < -0.39 is 0 Å². The highest BCUT2D eigenvalue weighted by atomic mass is 16.5. The highest BCUT2D eigenvalue weighted by Crippen LogP contribution is 2.39. The smallest absolute Gasteiger partial charge is 0.126 e. The van der Waals surface area contributed by atoms with Crippen LogP contribution >= 0.6 is 0 Å². The number of benzene rings is 1. The van der Waals surface area contributed by atoms with Crippen LogP contribution in [0, 0.1) is 6.92 Å². The fraction of sp³-hybridized carbons (Fsp3) is 0.625. The molecular weight excluding hydrogens is 224 g/mol. The summed E-state index contributed by atoms with van der Waals surface area (Å²) in [7, 11) is 0. The summed E-state index contributed by atoms with van der Waals surface area (Å²) in [5.74, 6) is 1.49. The Morgan fingerprint density at radius 2 is 1.44 bits per heavy atom. The van der Waals surface area contributed by atoms with E-state index in [1.165, 1.54) is 5.56 Å².